The molecule has 1 unspecified atom stereocenters. The largest absolute Gasteiger partial charge is 0.247 e. The Balaban J connectivity index is 2.42. The zero-order chi connectivity index (χ0) is 10.7. The van der Waals surface area contributed by atoms with Gasteiger partial charge in [-0.2, -0.15) is 0 Å². The van der Waals surface area contributed by atoms with Crippen molar-refractivity contribution in [3.63, 3.8) is 0 Å². The molecule has 0 N–H and O–H groups in total. The molecule has 0 fully saturated rings. The number of pyridine rings is 1. The first kappa shape index (κ1) is 10.3. The van der Waals surface area contributed by atoms with Gasteiger partial charge in [-0.15, -0.1) is 0 Å². The fourth-order valence-electron chi connectivity index (χ4n) is 1.16. The molecule has 76 valence electrons. The van der Waals surface area contributed by atoms with Crippen LogP contribution in [0, 0.1) is 0 Å². The first-order valence-corrected chi connectivity index (χ1v) is 5.89. The predicted molar refractivity (Wildman–Crippen MR) is 60.4 cm³/mol. The maximum absolute atomic E-state index is 12.0. The summed E-state index contributed by atoms with van der Waals surface area (Å²) in [4.78, 5) is 4.63. The summed E-state index contributed by atoms with van der Waals surface area (Å²) in [7, 11) is -1.30. The van der Waals surface area contributed by atoms with E-state index in [1.54, 1.807) is 42.6 Å². The molecule has 2 nitrogen and oxygen atoms in total. The van der Waals surface area contributed by atoms with Gasteiger partial charge in [-0.1, -0.05) is 29.8 Å². The molecule has 2 aromatic rings. The van der Waals surface area contributed by atoms with E-state index in [-0.39, 0.29) is 0 Å². The molecule has 1 aromatic heterocycles. The van der Waals surface area contributed by atoms with E-state index >= 15 is 0 Å². The van der Waals surface area contributed by atoms with Crippen LogP contribution in [-0.2, 0) is 10.8 Å². The van der Waals surface area contributed by atoms with E-state index in [1.807, 2.05) is 6.07 Å². The lowest BCUT2D eigenvalue weighted by Crippen LogP contribution is -1.95. The van der Waals surface area contributed by atoms with Gasteiger partial charge in [-0.3, -0.25) is 0 Å². The summed E-state index contributed by atoms with van der Waals surface area (Å²) in [6, 6.07) is 12.4. The van der Waals surface area contributed by atoms with Gasteiger partial charge in [0.15, 0.2) is 0 Å². The number of hydrogen-bond acceptors (Lipinski definition) is 2. The summed E-state index contributed by atoms with van der Waals surface area (Å²) in [5.41, 5.74) is 0. The summed E-state index contributed by atoms with van der Waals surface area (Å²) in [6.07, 6.45) is 1.62. The molecule has 0 aliphatic carbocycles. The zero-order valence-electron chi connectivity index (χ0n) is 7.76. The van der Waals surface area contributed by atoms with Crippen LogP contribution in [0.2, 0.25) is 5.02 Å². The van der Waals surface area contributed by atoms with Crippen LogP contribution in [0.3, 0.4) is 0 Å². The highest BCUT2D eigenvalue weighted by molar-refractivity contribution is 7.85. The van der Waals surface area contributed by atoms with Gasteiger partial charge in [0.25, 0.3) is 0 Å². The molecule has 0 amide bonds. The average molecular weight is 238 g/mol. The Morgan fingerprint density at radius 3 is 2.47 bits per heavy atom. The molecule has 1 aromatic carbocycles. The molecule has 0 aliphatic heterocycles. The van der Waals surface area contributed by atoms with Gasteiger partial charge < -0.3 is 0 Å². The number of rotatable bonds is 2. The summed E-state index contributed by atoms with van der Waals surface area (Å²) in [6.45, 7) is 0. The first-order valence-electron chi connectivity index (χ1n) is 4.36. The Morgan fingerprint density at radius 1 is 1.07 bits per heavy atom. The van der Waals surface area contributed by atoms with Gasteiger partial charge in [0.2, 0.25) is 0 Å². The van der Waals surface area contributed by atoms with Crippen LogP contribution in [-0.4, -0.2) is 9.19 Å². The van der Waals surface area contributed by atoms with E-state index in [1.165, 1.54) is 0 Å². The van der Waals surface area contributed by atoms with E-state index < -0.39 is 10.8 Å². The molecule has 2 rings (SSSR count). The minimum absolute atomic E-state index is 0.501. The minimum Gasteiger partial charge on any atom is -0.247 e. The molecule has 0 saturated heterocycles. The molecule has 15 heavy (non-hydrogen) atoms. The molecule has 0 aliphatic rings. The van der Waals surface area contributed by atoms with Crippen LogP contribution in [0.4, 0.5) is 0 Å². The summed E-state index contributed by atoms with van der Waals surface area (Å²) in [5.74, 6) is 0. The molecule has 0 radical (unpaired) electrons. The highest BCUT2D eigenvalue weighted by Gasteiger charge is 2.10. The van der Waals surface area contributed by atoms with Crippen LogP contribution in [0.1, 0.15) is 0 Å². The van der Waals surface area contributed by atoms with Crippen LogP contribution in [0.25, 0.3) is 0 Å². The van der Waals surface area contributed by atoms with E-state index in [4.69, 9.17) is 11.6 Å². The van der Waals surface area contributed by atoms with Gasteiger partial charge in [-0.05, 0) is 24.3 Å². The van der Waals surface area contributed by atoms with Crippen molar-refractivity contribution in [2.75, 3.05) is 0 Å². The molecule has 1 heterocycles. The third-order valence-corrected chi connectivity index (χ3v) is 3.68. The van der Waals surface area contributed by atoms with Crippen molar-refractivity contribution >= 4 is 22.4 Å². The molecule has 0 saturated carbocycles. The Hall–Kier alpha value is -1.19. The summed E-state index contributed by atoms with van der Waals surface area (Å²) in [5, 5.41) is 1.02. The average Bonchev–Trinajstić information content (AvgIpc) is 2.30. The van der Waals surface area contributed by atoms with E-state index in [0.29, 0.717) is 14.9 Å². The van der Waals surface area contributed by atoms with Gasteiger partial charge >= 0.3 is 0 Å². The third-order valence-electron chi connectivity index (χ3n) is 1.86. The van der Waals surface area contributed by atoms with Crippen LogP contribution < -0.4 is 0 Å². The Kier molecular flexibility index (Phi) is 3.14. The molecule has 0 bridgehead atoms. The van der Waals surface area contributed by atoms with Gasteiger partial charge in [0, 0.05) is 6.20 Å². The fourth-order valence-corrected chi connectivity index (χ4v) is 2.54. The fraction of sp³-hybridized carbons (Fsp3) is 0. The third kappa shape index (κ3) is 2.25. The van der Waals surface area contributed by atoms with Crippen molar-refractivity contribution in [1.82, 2.24) is 4.98 Å². The predicted octanol–water partition coefficient (Wildman–Crippen LogP) is 2.90. The molecule has 0 spiro atoms. The zero-order valence-corrected chi connectivity index (χ0v) is 9.33. The SMILES string of the molecule is O=S(c1ccccn1)c1ccccc1Cl. The second-order valence-electron chi connectivity index (χ2n) is 2.87. The lowest BCUT2D eigenvalue weighted by Gasteiger charge is -2.02. The smallest absolute Gasteiger partial charge is 0.132 e. The van der Waals surface area contributed by atoms with E-state index in [2.05, 4.69) is 4.98 Å². The van der Waals surface area contributed by atoms with Crippen molar-refractivity contribution in [3.8, 4) is 0 Å². The maximum atomic E-state index is 12.0. The number of hydrogen-bond donors (Lipinski definition) is 0. The van der Waals surface area contributed by atoms with Crippen LogP contribution >= 0.6 is 11.6 Å². The highest BCUT2D eigenvalue weighted by Crippen LogP contribution is 2.22. The molecule has 1 atom stereocenters. The standard InChI is InChI=1S/C11H8ClNOS/c12-9-5-1-2-6-10(9)15(14)11-7-3-4-8-13-11/h1-8H. The monoisotopic (exact) mass is 237 g/mol. The second-order valence-corrected chi connectivity index (χ2v) is 4.67. The van der Waals surface area contributed by atoms with E-state index in [0.717, 1.165) is 0 Å². The number of benzene rings is 1. The van der Waals surface area contributed by atoms with Gasteiger partial charge in [-0.25, -0.2) is 9.19 Å². The maximum Gasteiger partial charge on any atom is 0.132 e. The van der Waals surface area contributed by atoms with E-state index in [9.17, 15) is 4.21 Å². The van der Waals surface area contributed by atoms with Crippen molar-refractivity contribution in [2.24, 2.45) is 0 Å². The van der Waals surface area contributed by atoms with Gasteiger partial charge in [0.05, 0.1) is 9.92 Å². The number of aromatic nitrogens is 1. The Bertz CT molecular complexity index is 487. The highest BCUT2D eigenvalue weighted by atomic mass is 35.5. The molecule has 4 heteroatoms. The lowest BCUT2D eigenvalue weighted by molar-refractivity contribution is 0.680. The van der Waals surface area contributed by atoms with Crippen LogP contribution in [0.5, 0.6) is 0 Å². The summed E-state index contributed by atoms with van der Waals surface area (Å²) < 4.78 is 12.0. The van der Waals surface area contributed by atoms with Crippen LogP contribution in [0.15, 0.2) is 58.6 Å². The summed E-state index contributed by atoms with van der Waals surface area (Å²) >= 11 is 5.95. The lowest BCUT2D eigenvalue weighted by atomic mass is 10.4. The second kappa shape index (κ2) is 4.55. The minimum atomic E-state index is -1.30. The van der Waals surface area contributed by atoms with Crippen molar-refractivity contribution in [3.05, 3.63) is 53.7 Å². The van der Waals surface area contributed by atoms with Crippen molar-refractivity contribution in [1.29, 1.82) is 0 Å². The van der Waals surface area contributed by atoms with Crippen molar-refractivity contribution in [2.45, 2.75) is 9.92 Å². The number of nitrogens with zero attached hydrogens (tertiary/aromatic N) is 1. The normalized spacial score (nSPS) is 12.3. The first-order chi connectivity index (χ1) is 7.29. The Morgan fingerprint density at radius 2 is 1.80 bits per heavy atom. The number of halogens is 1. The van der Waals surface area contributed by atoms with Gasteiger partial charge in [0.1, 0.15) is 15.8 Å². The quantitative estimate of drug-likeness (QED) is 0.804. The van der Waals surface area contributed by atoms with Crippen molar-refractivity contribution < 1.29 is 4.21 Å². The Labute approximate surface area is 95.4 Å². The topological polar surface area (TPSA) is 30.0 Å². The molecular weight excluding hydrogens is 230 g/mol. The molecular formula is C11H8ClNOS.